The van der Waals surface area contributed by atoms with Crippen molar-refractivity contribution in [3.05, 3.63) is 68.5 Å². The first kappa shape index (κ1) is 20.1. The molecule has 0 N–H and O–H groups in total. The Bertz CT molecular complexity index is 896. The van der Waals surface area contributed by atoms with E-state index in [4.69, 9.17) is 16.0 Å². The summed E-state index contributed by atoms with van der Waals surface area (Å²) in [6.07, 6.45) is -0.154. The molecule has 0 spiro atoms. The predicted octanol–water partition coefficient (Wildman–Crippen LogP) is 8.43. The second-order valence-corrected chi connectivity index (χ2v) is 15.3. The Kier molecular flexibility index (Phi) is 5.72. The van der Waals surface area contributed by atoms with Crippen LogP contribution in [0.2, 0.25) is 23.2 Å². The maximum absolute atomic E-state index is 6.88. The molecular formula is C21H24BrClOSSi. The van der Waals surface area contributed by atoms with Gasteiger partial charge in [0.2, 0.25) is 0 Å². The van der Waals surface area contributed by atoms with Crippen LogP contribution in [0.3, 0.4) is 0 Å². The van der Waals surface area contributed by atoms with Gasteiger partial charge in [-0.05, 0) is 53.9 Å². The standard InChI is InChI=1S/C21H24BrClOSSi/c1-21(2,3)26(4,5)24-20(16-13-15(22)10-11-17(16)23)19-12-14-8-6-7-9-18(14)25-19/h6-13,20H,1-5H3. The normalized spacial score (nSPS) is 14.0. The van der Waals surface area contributed by atoms with E-state index >= 15 is 0 Å². The van der Waals surface area contributed by atoms with Gasteiger partial charge >= 0.3 is 0 Å². The van der Waals surface area contributed by atoms with Gasteiger partial charge in [-0.2, -0.15) is 0 Å². The third-order valence-corrected chi connectivity index (χ3v) is 11.6. The first-order chi connectivity index (χ1) is 12.1. The molecule has 5 heteroatoms. The van der Waals surface area contributed by atoms with Gasteiger partial charge in [-0.25, -0.2) is 0 Å². The fourth-order valence-corrected chi connectivity index (χ4v) is 5.58. The smallest absolute Gasteiger partial charge is 0.193 e. The average molecular weight is 468 g/mol. The topological polar surface area (TPSA) is 9.23 Å². The fraction of sp³-hybridized carbons (Fsp3) is 0.333. The minimum absolute atomic E-state index is 0.125. The second-order valence-electron chi connectivity index (χ2n) is 8.11. The van der Waals surface area contributed by atoms with Gasteiger partial charge in [0.05, 0.1) is 0 Å². The summed E-state index contributed by atoms with van der Waals surface area (Å²) in [6, 6.07) is 16.7. The lowest BCUT2D eigenvalue weighted by atomic mass is 10.1. The van der Waals surface area contributed by atoms with Crippen LogP contribution in [-0.2, 0) is 4.43 Å². The molecule has 1 aromatic heterocycles. The van der Waals surface area contributed by atoms with Gasteiger partial charge in [0.15, 0.2) is 8.32 Å². The van der Waals surface area contributed by atoms with E-state index in [0.717, 1.165) is 15.1 Å². The highest BCUT2D eigenvalue weighted by Gasteiger charge is 2.40. The zero-order valence-corrected chi connectivity index (χ0v) is 19.9. The molecule has 0 aliphatic rings. The SMILES string of the molecule is CC(C)(C)[Si](C)(C)OC(c1cc2ccccc2s1)c1cc(Br)ccc1Cl. The Morgan fingerprint density at radius 3 is 2.42 bits per heavy atom. The molecule has 0 aliphatic heterocycles. The molecule has 0 radical (unpaired) electrons. The lowest BCUT2D eigenvalue weighted by Gasteiger charge is -2.39. The van der Waals surface area contributed by atoms with E-state index in [1.165, 1.54) is 15.0 Å². The summed E-state index contributed by atoms with van der Waals surface area (Å²) in [7, 11) is -1.99. The Morgan fingerprint density at radius 1 is 1.08 bits per heavy atom. The summed E-state index contributed by atoms with van der Waals surface area (Å²) in [5.74, 6) is 0. The molecule has 1 unspecified atom stereocenters. The van der Waals surface area contributed by atoms with Crippen LogP contribution < -0.4 is 0 Å². The van der Waals surface area contributed by atoms with Gasteiger partial charge in [0.1, 0.15) is 6.10 Å². The highest BCUT2D eigenvalue weighted by molar-refractivity contribution is 9.10. The Morgan fingerprint density at radius 2 is 1.77 bits per heavy atom. The van der Waals surface area contributed by atoms with Crippen LogP contribution in [0, 0.1) is 0 Å². The molecule has 0 saturated carbocycles. The zero-order valence-electron chi connectivity index (χ0n) is 15.8. The highest BCUT2D eigenvalue weighted by atomic mass is 79.9. The van der Waals surface area contributed by atoms with E-state index in [0.29, 0.717) is 0 Å². The molecule has 0 saturated heterocycles. The molecule has 1 heterocycles. The second kappa shape index (κ2) is 7.40. The molecule has 3 aromatic rings. The number of hydrogen-bond acceptors (Lipinski definition) is 2. The average Bonchev–Trinajstić information content (AvgIpc) is 2.98. The highest BCUT2D eigenvalue weighted by Crippen LogP contribution is 2.45. The molecule has 2 aromatic carbocycles. The van der Waals surface area contributed by atoms with Crippen molar-refractivity contribution in [3.8, 4) is 0 Å². The van der Waals surface area contributed by atoms with Crippen LogP contribution in [0.5, 0.6) is 0 Å². The monoisotopic (exact) mass is 466 g/mol. The van der Waals surface area contributed by atoms with Crippen molar-refractivity contribution in [1.29, 1.82) is 0 Å². The van der Waals surface area contributed by atoms with Crippen molar-refractivity contribution in [2.75, 3.05) is 0 Å². The zero-order chi connectivity index (χ0) is 19.1. The molecule has 138 valence electrons. The molecule has 26 heavy (non-hydrogen) atoms. The van der Waals surface area contributed by atoms with E-state index in [1.807, 2.05) is 12.1 Å². The molecule has 0 bridgehead atoms. The van der Waals surface area contributed by atoms with Crippen molar-refractivity contribution in [3.63, 3.8) is 0 Å². The molecular weight excluding hydrogens is 444 g/mol. The van der Waals surface area contributed by atoms with Crippen LogP contribution >= 0.6 is 38.9 Å². The Balaban J connectivity index is 2.14. The summed E-state index contributed by atoms with van der Waals surface area (Å²) in [5, 5.41) is 2.12. The van der Waals surface area contributed by atoms with Gasteiger partial charge in [-0.3, -0.25) is 0 Å². The van der Waals surface area contributed by atoms with E-state index < -0.39 is 8.32 Å². The van der Waals surface area contributed by atoms with Crippen LogP contribution in [0.4, 0.5) is 0 Å². The van der Waals surface area contributed by atoms with Crippen molar-refractivity contribution < 1.29 is 4.43 Å². The van der Waals surface area contributed by atoms with Crippen LogP contribution in [0.1, 0.15) is 37.3 Å². The van der Waals surface area contributed by atoms with E-state index in [1.54, 1.807) is 11.3 Å². The Hall–Kier alpha value is -0.653. The van der Waals surface area contributed by atoms with E-state index in [9.17, 15) is 0 Å². The number of thiophene rings is 1. The summed E-state index contributed by atoms with van der Waals surface area (Å²) < 4.78 is 9.17. The molecule has 0 amide bonds. The number of halogens is 2. The van der Waals surface area contributed by atoms with Crippen molar-refractivity contribution in [2.45, 2.75) is 45.0 Å². The van der Waals surface area contributed by atoms with E-state index in [-0.39, 0.29) is 11.1 Å². The van der Waals surface area contributed by atoms with Crippen molar-refractivity contribution in [2.24, 2.45) is 0 Å². The van der Waals surface area contributed by atoms with Crippen LogP contribution in [0.25, 0.3) is 10.1 Å². The maximum Gasteiger partial charge on any atom is 0.193 e. The number of hydrogen-bond donors (Lipinski definition) is 0. The largest absolute Gasteiger partial charge is 0.405 e. The molecule has 1 nitrogen and oxygen atoms in total. The maximum atomic E-state index is 6.88. The summed E-state index contributed by atoms with van der Waals surface area (Å²) in [6.45, 7) is 11.4. The van der Waals surface area contributed by atoms with Gasteiger partial charge in [0.25, 0.3) is 0 Å². The predicted molar refractivity (Wildman–Crippen MR) is 121 cm³/mol. The fourth-order valence-electron chi connectivity index (χ4n) is 2.59. The quantitative estimate of drug-likeness (QED) is 0.350. The number of rotatable bonds is 4. The first-order valence-electron chi connectivity index (χ1n) is 8.70. The van der Waals surface area contributed by atoms with Crippen molar-refractivity contribution in [1.82, 2.24) is 0 Å². The van der Waals surface area contributed by atoms with Crippen LogP contribution in [-0.4, -0.2) is 8.32 Å². The summed E-state index contributed by atoms with van der Waals surface area (Å²) >= 11 is 12.0. The summed E-state index contributed by atoms with van der Waals surface area (Å²) in [5.41, 5.74) is 1.03. The number of benzene rings is 2. The number of fused-ring (bicyclic) bond motifs is 1. The molecule has 1 atom stereocenters. The Labute approximate surface area is 174 Å². The first-order valence-corrected chi connectivity index (χ1v) is 13.6. The van der Waals surface area contributed by atoms with Gasteiger partial charge < -0.3 is 4.43 Å². The van der Waals surface area contributed by atoms with Crippen molar-refractivity contribution >= 4 is 57.3 Å². The molecule has 0 aliphatic carbocycles. The third kappa shape index (κ3) is 4.10. The van der Waals surface area contributed by atoms with Crippen LogP contribution in [0.15, 0.2) is 53.0 Å². The van der Waals surface area contributed by atoms with Gasteiger partial charge in [-0.1, -0.05) is 66.5 Å². The van der Waals surface area contributed by atoms with Gasteiger partial charge in [-0.15, -0.1) is 11.3 Å². The lowest BCUT2D eigenvalue weighted by molar-refractivity contribution is 0.225. The van der Waals surface area contributed by atoms with Gasteiger partial charge in [0, 0.05) is 24.6 Å². The lowest BCUT2D eigenvalue weighted by Crippen LogP contribution is -2.42. The minimum atomic E-state index is -1.99. The van der Waals surface area contributed by atoms with E-state index in [2.05, 4.69) is 86.2 Å². The molecule has 0 fully saturated rings. The summed E-state index contributed by atoms with van der Waals surface area (Å²) in [4.78, 5) is 1.20. The third-order valence-electron chi connectivity index (χ3n) is 5.16. The minimum Gasteiger partial charge on any atom is -0.405 e. The molecule has 3 rings (SSSR count).